The average Bonchev–Trinajstić information content (AvgIpc) is 2.97. The van der Waals surface area contributed by atoms with Gasteiger partial charge in [0.1, 0.15) is 11.9 Å². The number of hydrogen-bond acceptors (Lipinski definition) is 5. The van der Waals surface area contributed by atoms with Gasteiger partial charge in [-0.15, -0.1) is 0 Å². The van der Waals surface area contributed by atoms with Gasteiger partial charge in [0.2, 0.25) is 11.8 Å². The van der Waals surface area contributed by atoms with Crippen molar-refractivity contribution in [2.75, 3.05) is 5.32 Å². The molecule has 1 aliphatic rings. The number of aryl methyl sites for hydroxylation is 1. The van der Waals surface area contributed by atoms with Crippen LogP contribution in [0.3, 0.4) is 0 Å². The Labute approximate surface area is 114 Å². The van der Waals surface area contributed by atoms with Gasteiger partial charge in [0.15, 0.2) is 5.82 Å². The van der Waals surface area contributed by atoms with Gasteiger partial charge in [-0.25, -0.2) is 4.98 Å². The molecule has 1 aromatic heterocycles. The normalized spacial score (nSPS) is 18.1. The van der Waals surface area contributed by atoms with Crippen LogP contribution in [0.25, 0.3) is 11.4 Å². The van der Waals surface area contributed by atoms with Crippen LogP contribution >= 0.6 is 0 Å². The van der Waals surface area contributed by atoms with Gasteiger partial charge in [-0.05, 0) is 19.1 Å². The molecule has 1 aliphatic heterocycles. The fourth-order valence-electron chi connectivity index (χ4n) is 2.09. The topological polar surface area (TPSA) is 99.8 Å². The highest BCUT2D eigenvalue weighted by Gasteiger charge is 2.30. The molecular weight excluding hydrogens is 258 g/mol. The third-order valence-corrected chi connectivity index (χ3v) is 3.03. The summed E-state index contributed by atoms with van der Waals surface area (Å²) in [5.41, 5.74) is 1.59. The lowest BCUT2D eigenvalue weighted by Crippen LogP contribution is -2.29. The summed E-state index contributed by atoms with van der Waals surface area (Å²) in [4.78, 5) is 26.9. The second kappa shape index (κ2) is 4.76. The van der Waals surface area contributed by atoms with Crippen molar-refractivity contribution in [1.82, 2.24) is 20.5 Å². The SMILES string of the molecule is Cc1nc(-c2cccc(NC3CC(=O)NC3=O)c2)n[nH]1. The van der Waals surface area contributed by atoms with E-state index in [4.69, 9.17) is 0 Å². The molecule has 0 aliphatic carbocycles. The van der Waals surface area contributed by atoms with Crippen molar-refractivity contribution in [3.63, 3.8) is 0 Å². The van der Waals surface area contributed by atoms with Crippen molar-refractivity contribution in [1.29, 1.82) is 0 Å². The van der Waals surface area contributed by atoms with E-state index in [-0.39, 0.29) is 18.2 Å². The van der Waals surface area contributed by atoms with E-state index >= 15 is 0 Å². The highest BCUT2D eigenvalue weighted by atomic mass is 16.2. The molecule has 0 spiro atoms. The number of H-pyrrole nitrogens is 1. The van der Waals surface area contributed by atoms with Crippen LogP contribution in [0.4, 0.5) is 5.69 Å². The second-order valence-electron chi connectivity index (χ2n) is 4.64. The maximum absolute atomic E-state index is 11.5. The van der Waals surface area contributed by atoms with E-state index in [9.17, 15) is 9.59 Å². The van der Waals surface area contributed by atoms with Crippen LogP contribution in [0.2, 0.25) is 0 Å². The highest BCUT2D eigenvalue weighted by Crippen LogP contribution is 2.20. The van der Waals surface area contributed by atoms with Crippen LogP contribution in [0.15, 0.2) is 24.3 Å². The third kappa shape index (κ3) is 2.37. The zero-order chi connectivity index (χ0) is 14.1. The molecule has 1 aromatic carbocycles. The molecule has 7 heteroatoms. The first kappa shape index (κ1) is 12.3. The highest BCUT2D eigenvalue weighted by molar-refractivity contribution is 6.06. The van der Waals surface area contributed by atoms with E-state index in [2.05, 4.69) is 25.8 Å². The molecular formula is C13H13N5O2. The lowest BCUT2D eigenvalue weighted by Gasteiger charge is -2.11. The largest absolute Gasteiger partial charge is 0.373 e. The van der Waals surface area contributed by atoms with E-state index < -0.39 is 6.04 Å². The van der Waals surface area contributed by atoms with Crippen molar-refractivity contribution in [2.45, 2.75) is 19.4 Å². The number of carbonyl (C=O) groups excluding carboxylic acids is 2. The molecule has 0 bridgehead atoms. The van der Waals surface area contributed by atoms with Gasteiger partial charge in [-0.3, -0.25) is 20.0 Å². The number of hydrogen-bond donors (Lipinski definition) is 3. The Morgan fingerprint density at radius 1 is 1.35 bits per heavy atom. The van der Waals surface area contributed by atoms with Crippen molar-refractivity contribution < 1.29 is 9.59 Å². The molecule has 1 atom stereocenters. The Morgan fingerprint density at radius 3 is 2.85 bits per heavy atom. The minimum absolute atomic E-state index is 0.156. The molecule has 1 saturated heterocycles. The summed E-state index contributed by atoms with van der Waals surface area (Å²) < 4.78 is 0. The monoisotopic (exact) mass is 271 g/mol. The minimum atomic E-state index is -0.522. The first-order valence-corrected chi connectivity index (χ1v) is 6.21. The summed E-state index contributed by atoms with van der Waals surface area (Å²) in [6.45, 7) is 1.83. The summed E-state index contributed by atoms with van der Waals surface area (Å²) in [5, 5.41) is 12.2. The molecule has 0 saturated carbocycles. The Kier molecular flexibility index (Phi) is 2.94. The summed E-state index contributed by atoms with van der Waals surface area (Å²) in [6, 6.07) is 6.88. The van der Waals surface area contributed by atoms with Gasteiger partial charge >= 0.3 is 0 Å². The molecule has 3 rings (SSSR count). The van der Waals surface area contributed by atoms with E-state index in [1.54, 1.807) is 0 Å². The first-order valence-electron chi connectivity index (χ1n) is 6.21. The summed E-state index contributed by atoms with van der Waals surface area (Å²) in [5.74, 6) is 0.777. The van der Waals surface area contributed by atoms with Gasteiger partial charge in [0.05, 0.1) is 6.42 Å². The van der Waals surface area contributed by atoms with Crippen LogP contribution in [-0.2, 0) is 9.59 Å². The Bertz CT molecular complexity index is 679. The van der Waals surface area contributed by atoms with Crippen molar-refractivity contribution in [2.24, 2.45) is 0 Å². The smallest absolute Gasteiger partial charge is 0.249 e. The third-order valence-electron chi connectivity index (χ3n) is 3.03. The minimum Gasteiger partial charge on any atom is -0.373 e. The Balaban J connectivity index is 1.81. The Morgan fingerprint density at radius 2 is 2.20 bits per heavy atom. The number of carbonyl (C=O) groups is 2. The van der Waals surface area contributed by atoms with E-state index in [1.165, 1.54) is 0 Å². The second-order valence-corrected chi connectivity index (χ2v) is 4.64. The molecule has 2 heterocycles. The van der Waals surface area contributed by atoms with Crippen molar-refractivity contribution in [3.8, 4) is 11.4 Å². The zero-order valence-electron chi connectivity index (χ0n) is 10.8. The predicted octanol–water partition coefficient (Wildman–Crippen LogP) is 0.607. The summed E-state index contributed by atoms with van der Waals surface area (Å²) in [7, 11) is 0. The molecule has 3 N–H and O–H groups in total. The fraction of sp³-hybridized carbons (Fsp3) is 0.231. The van der Waals surface area contributed by atoms with Crippen molar-refractivity contribution >= 4 is 17.5 Å². The number of nitrogens with zero attached hydrogens (tertiary/aromatic N) is 2. The number of imide groups is 1. The predicted molar refractivity (Wildman–Crippen MR) is 71.7 cm³/mol. The Hall–Kier alpha value is -2.70. The number of benzene rings is 1. The maximum Gasteiger partial charge on any atom is 0.249 e. The van der Waals surface area contributed by atoms with Crippen LogP contribution in [-0.4, -0.2) is 33.0 Å². The van der Waals surface area contributed by atoms with E-state index in [0.717, 1.165) is 17.1 Å². The summed E-state index contributed by atoms with van der Waals surface area (Å²) >= 11 is 0. The van der Waals surface area contributed by atoms with E-state index in [0.29, 0.717) is 5.82 Å². The van der Waals surface area contributed by atoms with Gasteiger partial charge in [0, 0.05) is 11.3 Å². The quantitative estimate of drug-likeness (QED) is 0.710. The zero-order valence-corrected chi connectivity index (χ0v) is 10.8. The lowest BCUT2D eigenvalue weighted by molar-refractivity contribution is -0.124. The lowest BCUT2D eigenvalue weighted by atomic mass is 10.1. The standard InChI is InChI=1S/C13H13N5O2/c1-7-14-12(18-17-7)8-3-2-4-9(5-8)15-10-6-11(19)16-13(10)20/h2-5,10,15H,6H2,1H3,(H,14,17,18)(H,16,19,20). The number of aromatic nitrogens is 3. The number of nitrogens with one attached hydrogen (secondary N) is 3. The average molecular weight is 271 g/mol. The first-order chi connectivity index (χ1) is 9.61. The van der Waals surface area contributed by atoms with Crippen LogP contribution in [0.1, 0.15) is 12.2 Å². The molecule has 0 radical (unpaired) electrons. The van der Waals surface area contributed by atoms with Gasteiger partial charge in [-0.1, -0.05) is 12.1 Å². The van der Waals surface area contributed by atoms with Crippen LogP contribution < -0.4 is 10.6 Å². The molecule has 2 aromatic rings. The molecule has 7 nitrogen and oxygen atoms in total. The molecule has 102 valence electrons. The maximum atomic E-state index is 11.5. The van der Waals surface area contributed by atoms with Gasteiger partial charge in [-0.2, -0.15) is 5.10 Å². The summed E-state index contributed by atoms with van der Waals surface area (Å²) in [6.07, 6.45) is 0.156. The number of anilines is 1. The van der Waals surface area contributed by atoms with Crippen LogP contribution in [0.5, 0.6) is 0 Å². The molecule has 2 amide bonds. The molecule has 20 heavy (non-hydrogen) atoms. The number of aromatic amines is 1. The molecule has 1 unspecified atom stereocenters. The number of amides is 2. The van der Waals surface area contributed by atoms with Crippen molar-refractivity contribution in [3.05, 3.63) is 30.1 Å². The van der Waals surface area contributed by atoms with Crippen LogP contribution in [0, 0.1) is 6.92 Å². The van der Waals surface area contributed by atoms with Gasteiger partial charge < -0.3 is 5.32 Å². The van der Waals surface area contributed by atoms with E-state index in [1.807, 2.05) is 31.2 Å². The fourth-order valence-corrected chi connectivity index (χ4v) is 2.09. The molecule has 1 fully saturated rings. The number of rotatable bonds is 3. The van der Waals surface area contributed by atoms with Gasteiger partial charge in [0.25, 0.3) is 0 Å².